The predicted octanol–water partition coefficient (Wildman–Crippen LogP) is 4.49. The maximum atomic E-state index is 12.8. The molecule has 0 spiro atoms. The van der Waals surface area contributed by atoms with Crippen LogP contribution in [0.2, 0.25) is 0 Å². The van der Waals surface area contributed by atoms with E-state index in [2.05, 4.69) is 47.1 Å². The average molecular weight is 583 g/mol. The van der Waals surface area contributed by atoms with E-state index in [1.165, 1.54) is 37.6 Å². The normalized spacial score (nSPS) is 11.3. The molecule has 0 atom stereocenters. The van der Waals surface area contributed by atoms with Crippen LogP contribution in [-0.2, 0) is 10.0 Å². The van der Waals surface area contributed by atoms with Crippen LogP contribution in [-0.4, -0.2) is 32.8 Å². The van der Waals surface area contributed by atoms with Crippen LogP contribution < -0.4 is 14.9 Å². The lowest BCUT2D eigenvalue weighted by molar-refractivity contribution is 0.0955. The Morgan fingerprint density at radius 1 is 1.09 bits per heavy atom. The number of hydrogen-bond acceptors (Lipinski definition) is 6. The second-order valence-corrected chi connectivity index (χ2v) is 9.81. The number of aromatic hydroxyl groups is 1. The minimum absolute atomic E-state index is 0.0401. The summed E-state index contributed by atoms with van der Waals surface area (Å²) in [5.74, 6) is -0.299. The zero-order valence-electron chi connectivity index (χ0n) is 16.5. The highest BCUT2D eigenvalue weighted by molar-refractivity contribution is 9.11. The Labute approximate surface area is 201 Å². The van der Waals surface area contributed by atoms with Crippen molar-refractivity contribution < 1.29 is 23.1 Å². The minimum atomic E-state index is -3.97. The van der Waals surface area contributed by atoms with Gasteiger partial charge in [0.1, 0.15) is 11.5 Å². The third kappa shape index (κ3) is 5.67. The van der Waals surface area contributed by atoms with Crippen LogP contribution in [0.4, 0.5) is 5.69 Å². The number of para-hydroxylation sites is 2. The standard InChI is InChI=1S/C21H17Br2N3O5S/c1-31-19-8-3-2-7-18(19)26-32(29,30)16-6-4-5-13(10-16)21(28)25-24-12-14-9-15(22)11-17(23)20(14)27/h2-12,26-27H,1H3,(H,25,28)/b24-12+. The molecule has 0 saturated carbocycles. The van der Waals surface area contributed by atoms with Crippen molar-refractivity contribution in [3.8, 4) is 11.5 Å². The molecule has 0 fully saturated rings. The Kier molecular flexibility index (Phi) is 7.54. The smallest absolute Gasteiger partial charge is 0.271 e. The van der Waals surface area contributed by atoms with Gasteiger partial charge in [0, 0.05) is 15.6 Å². The van der Waals surface area contributed by atoms with Crippen molar-refractivity contribution >= 4 is 59.7 Å². The second kappa shape index (κ2) is 10.2. The first-order valence-corrected chi connectivity index (χ1v) is 12.1. The molecule has 0 unspecified atom stereocenters. The van der Waals surface area contributed by atoms with Crippen molar-refractivity contribution in [3.05, 3.63) is 80.7 Å². The number of phenolic OH excluding ortho intramolecular Hbond substituents is 1. The summed E-state index contributed by atoms with van der Waals surface area (Å²) in [6, 6.07) is 15.4. The highest BCUT2D eigenvalue weighted by Crippen LogP contribution is 2.30. The molecule has 8 nitrogen and oxygen atoms in total. The molecule has 11 heteroatoms. The maximum Gasteiger partial charge on any atom is 0.271 e. The molecular formula is C21H17Br2N3O5S. The molecule has 3 aromatic rings. The summed E-state index contributed by atoms with van der Waals surface area (Å²) in [6.07, 6.45) is 1.27. The summed E-state index contributed by atoms with van der Waals surface area (Å²) in [6.45, 7) is 0. The van der Waals surface area contributed by atoms with Gasteiger partial charge in [-0.15, -0.1) is 0 Å². The van der Waals surface area contributed by atoms with Crippen molar-refractivity contribution in [2.75, 3.05) is 11.8 Å². The third-order valence-corrected chi connectivity index (χ3v) is 6.61. The largest absolute Gasteiger partial charge is 0.506 e. The summed E-state index contributed by atoms with van der Waals surface area (Å²) in [4.78, 5) is 12.3. The van der Waals surface area contributed by atoms with E-state index in [-0.39, 0.29) is 21.9 Å². The van der Waals surface area contributed by atoms with Crippen LogP contribution in [0.5, 0.6) is 11.5 Å². The van der Waals surface area contributed by atoms with Crippen molar-refractivity contribution in [1.82, 2.24) is 5.43 Å². The van der Waals surface area contributed by atoms with E-state index in [0.717, 1.165) is 0 Å². The molecule has 0 aliphatic heterocycles. The van der Waals surface area contributed by atoms with Crippen LogP contribution in [0.25, 0.3) is 0 Å². The lowest BCUT2D eigenvalue weighted by atomic mass is 10.2. The zero-order chi connectivity index (χ0) is 23.3. The summed E-state index contributed by atoms with van der Waals surface area (Å²) in [5, 5.41) is 13.9. The number of carbonyl (C=O) groups is 1. The number of ether oxygens (including phenoxy) is 1. The van der Waals surface area contributed by atoms with Gasteiger partial charge in [-0.1, -0.05) is 34.1 Å². The van der Waals surface area contributed by atoms with E-state index in [0.29, 0.717) is 20.3 Å². The molecule has 0 aromatic heterocycles. The number of benzene rings is 3. The van der Waals surface area contributed by atoms with Gasteiger partial charge in [-0.2, -0.15) is 5.10 Å². The van der Waals surface area contributed by atoms with Gasteiger partial charge in [0.05, 0.1) is 28.4 Å². The van der Waals surface area contributed by atoms with E-state index >= 15 is 0 Å². The van der Waals surface area contributed by atoms with Crippen molar-refractivity contribution in [3.63, 3.8) is 0 Å². The number of methoxy groups -OCH3 is 1. The fourth-order valence-corrected chi connectivity index (χ4v) is 5.02. The maximum absolute atomic E-state index is 12.8. The van der Waals surface area contributed by atoms with Gasteiger partial charge in [-0.05, 0) is 58.4 Å². The predicted molar refractivity (Wildman–Crippen MR) is 129 cm³/mol. The van der Waals surface area contributed by atoms with Crippen LogP contribution in [0, 0.1) is 0 Å². The number of nitrogens with one attached hydrogen (secondary N) is 2. The van der Waals surface area contributed by atoms with Crippen molar-refractivity contribution in [2.24, 2.45) is 5.10 Å². The number of rotatable bonds is 7. The number of anilines is 1. The Balaban J connectivity index is 1.77. The van der Waals surface area contributed by atoms with Gasteiger partial charge in [0.15, 0.2) is 0 Å². The number of hydrogen-bond donors (Lipinski definition) is 3. The molecule has 3 rings (SSSR count). The summed E-state index contributed by atoms with van der Waals surface area (Å²) < 4.78 is 34.3. The van der Waals surface area contributed by atoms with Crippen molar-refractivity contribution in [2.45, 2.75) is 4.90 Å². The minimum Gasteiger partial charge on any atom is -0.506 e. The highest BCUT2D eigenvalue weighted by Gasteiger charge is 2.18. The Morgan fingerprint density at radius 2 is 1.84 bits per heavy atom. The van der Waals surface area contributed by atoms with Gasteiger partial charge < -0.3 is 9.84 Å². The number of halogens is 2. The molecule has 0 heterocycles. The Hall–Kier alpha value is -2.89. The second-order valence-electron chi connectivity index (χ2n) is 6.36. The molecule has 0 aliphatic rings. The highest BCUT2D eigenvalue weighted by atomic mass is 79.9. The number of amides is 1. The molecule has 0 saturated heterocycles. The first kappa shape index (κ1) is 23.8. The van der Waals surface area contributed by atoms with E-state index in [1.807, 2.05) is 0 Å². The fraction of sp³-hybridized carbons (Fsp3) is 0.0476. The number of hydrazone groups is 1. The number of nitrogens with zero attached hydrogens (tertiary/aromatic N) is 1. The molecular weight excluding hydrogens is 566 g/mol. The first-order chi connectivity index (χ1) is 15.2. The molecule has 3 aromatic carbocycles. The molecule has 32 heavy (non-hydrogen) atoms. The zero-order valence-corrected chi connectivity index (χ0v) is 20.5. The lowest BCUT2D eigenvalue weighted by Gasteiger charge is -2.12. The average Bonchev–Trinajstić information content (AvgIpc) is 2.77. The number of phenols is 1. The van der Waals surface area contributed by atoms with Crippen LogP contribution in [0.15, 0.2) is 79.6 Å². The van der Waals surface area contributed by atoms with E-state index in [9.17, 15) is 18.3 Å². The van der Waals surface area contributed by atoms with Crippen molar-refractivity contribution in [1.29, 1.82) is 0 Å². The quantitative estimate of drug-likeness (QED) is 0.280. The van der Waals surface area contributed by atoms with E-state index in [1.54, 1.807) is 36.4 Å². The Bertz CT molecular complexity index is 1300. The Morgan fingerprint density at radius 3 is 2.59 bits per heavy atom. The van der Waals surface area contributed by atoms with Gasteiger partial charge in [0.2, 0.25) is 0 Å². The van der Waals surface area contributed by atoms with E-state index in [4.69, 9.17) is 4.74 Å². The SMILES string of the molecule is COc1ccccc1NS(=O)(=O)c1cccc(C(=O)N/N=C/c2cc(Br)cc(Br)c2O)c1. The summed E-state index contributed by atoms with van der Waals surface area (Å²) in [7, 11) is -2.54. The third-order valence-electron chi connectivity index (χ3n) is 4.19. The molecule has 0 radical (unpaired) electrons. The van der Waals surface area contributed by atoms with Gasteiger partial charge in [-0.3, -0.25) is 9.52 Å². The monoisotopic (exact) mass is 581 g/mol. The van der Waals surface area contributed by atoms with Gasteiger partial charge >= 0.3 is 0 Å². The topological polar surface area (TPSA) is 117 Å². The molecule has 166 valence electrons. The van der Waals surface area contributed by atoms with Crippen LogP contribution >= 0.6 is 31.9 Å². The van der Waals surface area contributed by atoms with Gasteiger partial charge in [-0.25, -0.2) is 13.8 Å². The lowest BCUT2D eigenvalue weighted by Crippen LogP contribution is -2.19. The van der Waals surface area contributed by atoms with E-state index < -0.39 is 15.9 Å². The number of sulfonamides is 1. The summed E-state index contributed by atoms with van der Waals surface area (Å²) >= 11 is 6.52. The molecule has 0 aliphatic carbocycles. The number of carbonyl (C=O) groups excluding carboxylic acids is 1. The van der Waals surface area contributed by atoms with Crippen LogP contribution in [0.1, 0.15) is 15.9 Å². The molecule has 3 N–H and O–H groups in total. The summed E-state index contributed by atoms with van der Waals surface area (Å²) in [5.41, 5.74) is 3.04. The molecule has 0 bridgehead atoms. The first-order valence-electron chi connectivity index (χ1n) is 8.98. The fourth-order valence-electron chi connectivity index (χ4n) is 2.65. The van der Waals surface area contributed by atoms with Crippen LogP contribution in [0.3, 0.4) is 0 Å². The van der Waals surface area contributed by atoms with Gasteiger partial charge in [0.25, 0.3) is 15.9 Å². The molecule has 1 amide bonds.